The van der Waals surface area contributed by atoms with Gasteiger partial charge in [0.15, 0.2) is 11.5 Å². The Balaban J connectivity index is 1.34. The largest absolute Gasteiger partial charge is 0.494 e. The molecule has 0 radical (unpaired) electrons. The Labute approximate surface area is 265 Å². The Morgan fingerprint density at radius 1 is 1.00 bits per heavy atom. The van der Waals surface area contributed by atoms with Crippen LogP contribution in [0.2, 0.25) is 0 Å². The Morgan fingerprint density at radius 2 is 1.79 bits per heavy atom. The first-order valence-electron chi connectivity index (χ1n) is 14.3. The fourth-order valence-corrected chi connectivity index (χ4v) is 5.27. The summed E-state index contributed by atoms with van der Waals surface area (Å²) >= 11 is 0. The molecule has 16 heteroatoms. The van der Waals surface area contributed by atoms with E-state index in [1.54, 1.807) is 0 Å². The minimum Gasteiger partial charge on any atom is -0.494 e. The molecule has 4 heterocycles. The number of halogens is 4. The number of aromatic nitrogens is 5. The number of anilines is 3. The van der Waals surface area contributed by atoms with Gasteiger partial charge >= 0.3 is 6.18 Å². The zero-order valence-electron chi connectivity index (χ0n) is 25.3. The van der Waals surface area contributed by atoms with Gasteiger partial charge in [-0.1, -0.05) is 0 Å². The van der Waals surface area contributed by atoms with Gasteiger partial charge in [0, 0.05) is 35.8 Å². The lowest BCUT2D eigenvalue weighted by Gasteiger charge is -2.19. The minimum absolute atomic E-state index is 0.00875. The van der Waals surface area contributed by atoms with Crippen LogP contribution >= 0.6 is 0 Å². The first-order valence-corrected chi connectivity index (χ1v) is 14.3. The van der Waals surface area contributed by atoms with Crippen molar-refractivity contribution >= 4 is 39.6 Å². The van der Waals surface area contributed by atoms with Gasteiger partial charge in [-0.05, 0) is 50.7 Å². The third-order valence-electron chi connectivity index (χ3n) is 7.68. The Hall–Kier alpha value is -5.51. The number of pyridine rings is 1. The van der Waals surface area contributed by atoms with Gasteiger partial charge in [0.05, 0.1) is 31.1 Å². The summed E-state index contributed by atoms with van der Waals surface area (Å²) in [5.74, 6) is -2.07. The van der Waals surface area contributed by atoms with Crippen molar-refractivity contribution in [1.82, 2.24) is 29.5 Å². The molecule has 2 N–H and O–H groups in total. The summed E-state index contributed by atoms with van der Waals surface area (Å²) in [5, 5.41) is 9.66. The van der Waals surface area contributed by atoms with E-state index >= 15 is 0 Å². The Morgan fingerprint density at radius 3 is 2.51 bits per heavy atom. The minimum atomic E-state index is -4.82. The number of rotatable bonds is 9. The molecule has 1 amide bonds. The fraction of sp³-hybridized carbons (Fsp3) is 0.258. The lowest BCUT2D eigenvalue weighted by atomic mass is 10.1. The highest BCUT2D eigenvalue weighted by molar-refractivity contribution is 6.05. The number of nitrogens with one attached hydrogen (secondary N) is 2. The average Bonchev–Trinajstić information content (AvgIpc) is 3.68. The molecule has 1 aliphatic rings. The van der Waals surface area contributed by atoms with E-state index in [0.717, 1.165) is 31.5 Å². The molecular weight excluding hydrogens is 624 g/mol. The van der Waals surface area contributed by atoms with E-state index in [2.05, 4.69) is 30.7 Å². The van der Waals surface area contributed by atoms with Crippen molar-refractivity contribution in [1.29, 1.82) is 0 Å². The highest BCUT2D eigenvalue weighted by atomic mass is 19.4. The quantitative estimate of drug-likeness (QED) is 0.142. The summed E-state index contributed by atoms with van der Waals surface area (Å²) in [6, 6.07) is 7.57. The van der Waals surface area contributed by atoms with Crippen molar-refractivity contribution in [2.24, 2.45) is 0 Å². The predicted molar refractivity (Wildman–Crippen MR) is 164 cm³/mol. The summed E-state index contributed by atoms with van der Waals surface area (Å²) in [4.78, 5) is 27.2. The molecule has 5 aromatic rings. The van der Waals surface area contributed by atoms with Crippen molar-refractivity contribution in [2.75, 3.05) is 38.4 Å². The lowest BCUT2D eigenvalue weighted by Crippen LogP contribution is -2.24. The van der Waals surface area contributed by atoms with Crippen LogP contribution in [-0.2, 0) is 11.0 Å². The van der Waals surface area contributed by atoms with Crippen molar-refractivity contribution in [3.05, 3.63) is 72.7 Å². The molecule has 0 spiro atoms. The maximum atomic E-state index is 14.9. The molecule has 0 saturated carbocycles. The second-order valence-electron chi connectivity index (χ2n) is 10.6. The molecule has 0 aliphatic carbocycles. The topological polar surface area (TPSA) is 128 Å². The van der Waals surface area contributed by atoms with Gasteiger partial charge in [0.2, 0.25) is 0 Å². The molecule has 1 fully saturated rings. The van der Waals surface area contributed by atoms with Gasteiger partial charge in [-0.15, -0.1) is 0 Å². The highest BCUT2D eigenvalue weighted by Gasteiger charge is 2.36. The molecule has 1 saturated heterocycles. The molecule has 1 unspecified atom stereocenters. The van der Waals surface area contributed by atoms with Crippen LogP contribution in [0, 0.1) is 0 Å². The predicted octanol–water partition coefficient (Wildman–Crippen LogP) is 6.13. The van der Waals surface area contributed by atoms with Crippen LogP contribution in [0.5, 0.6) is 23.0 Å². The average molecular weight is 653 g/mol. The number of carbonyl (C=O) groups is 1. The number of alkyl halides is 3. The number of hydrogen-bond donors (Lipinski definition) is 2. The van der Waals surface area contributed by atoms with E-state index in [9.17, 15) is 22.4 Å². The molecule has 3 aromatic heterocycles. The maximum absolute atomic E-state index is 14.9. The summed E-state index contributed by atoms with van der Waals surface area (Å²) in [7, 11) is 4.52. The molecule has 47 heavy (non-hydrogen) atoms. The monoisotopic (exact) mass is 652 g/mol. The van der Waals surface area contributed by atoms with E-state index in [0.29, 0.717) is 16.6 Å². The van der Waals surface area contributed by atoms with Crippen molar-refractivity contribution < 1.29 is 36.6 Å². The van der Waals surface area contributed by atoms with E-state index in [-0.39, 0.29) is 40.5 Å². The molecule has 244 valence electrons. The number of ether oxygens (including phenoxy) is 3. The summed E-state index contributed by atoms with van der Waals surface area (Å²) in [6.45, 7) is 0.801. The zero-order chi connectivity index (χ0) is 33.3. The normalized spacial score (nSPS) is 15.6. The molecule has 0 bridgehead atoms. The van der Waals surface area contributed by atoms with Crippen LogP contribution in [0.15, 0.2) is 67.2 Å². The number of hydrogen-bond acceptors (Lipinski definition) is 10. The molecule has 12 nitrogen and oxygen atoms in total. The number of methoxy groups -OCH3 is 2. The van der Waals surface area contributed by atoms with Gasteiger partial charge in [-0.2, -0.15) is 18.3 Å². The Bertz CT molecular complexity index is 2000. The highest BCUT2D eigenvalue weighted by Crippen LogP contribution is 2.45. The number of carbonyl (C=O) groups excluding carboxylic acids is 1. The second-order valence-corrected chi connectivity index (χ2v) is 10.6. The third-order valence-corrected chi connectivity index (χ3v) is 7.68. The third kappa shape index (κ3) is 6.58. The van der Waals surface area contributed by atoms with E-state index < -0.39 is 29.2 Å². The molecule has 2 aromatic carbocycles. The number of amides is 1. The fourth-order valence-electron chi connectivity index (χ4n) is 5.27. The van der Waals surface area contributed by atoms with Crippen LogP contribution < -0.4 is 24.8 Å². The molecule has 1 aliphatic heterocycles. The number of benzene rings is 2. The first-order chi connectivity index (χ1) is 22.5. The number of nitrogens with zero attached hydrogens (tertiary/aromatic N) is 6. The number of likely N-dealkylation sites (N-methyl/N-ethyl adjacent to an activating group) is 1. The molecule has 1 atom stereocenters. The summed E-state index contributed by atoms with van der Waals surface area (Å²) in [6.07, 6.45) is 2.10. The van der Waals surface area contributed by atoms with Crippen LogP contribution in [0.4, 0.5) is 34.8 Å². The van der Waals surface area contributed by atoms with Crippen molar-refractivity contribution in [3.8, 4) is 23.0 Å². The van der Waals surface area contributed by atoms with Crippen LogP contribution in [0.3, 0.4) is 0 Å². The van der Waals surface area contributed by atoms with Gasteiger partial charge in [0.25, 0.3) is 5.91 Å². The van der Waals surface area contributed by atoms with Crippen LogP contribution in [0.25, 0.3) is 16.6 Å². The second kappa shape index (κ2) is 12.7. The smallest absolute Gasteiger partial charge is 0.420 e. The molecular formula is C31H28F4N8O4. The van der Waals surface area contributed by atoms with Gasteiger partial charge in [-0.3, -0.25) is 9.69 Å². The van der Waals surface area contributed by atoms with Gasteiger partial charge in [-0.25, -0.2) is 23.9 Å². The van der Waals surface area contributed by atoms with Crippen molar-refractivity contribution in [2.45, 2.75) is 25.1 Å². The van der Waals surface area contributed by atoms with Crippen LogP contribution in [-0.4, -0.2) is 69.2 Å². The standard InChI is InChI=1S/C31H28F4N8O4/c1-42-7-4-5-17(42)9-21(32)30(44)41-23-11-19-22(13-26(23)45-2)36-15-38-29(19)40-24-12-20(31(33,34)35)25(14-27(24)46-3)47-18-6-8-43-28(10-18)37-16-39-43/h6,8-17H,4-5,7H2,1-3H3,(H,41,44)(H,36,38,40). The summed E-state index contributed by atoms with van der Waals surface area (Å²) < 4.78 is 75.8. The van der Waals surface area contributed by atoms with E-state index in [1.807, 2.05) is 11.9 Å². The first kappa shape index (κ1) is 31.5. The Kier molecular flexibility index (Phi) is 8.51. The zero-order valence-corrected chi connectivity index (χ0v) is 25.3. The van der Waals surface area contributed by atoms with Crippen LogP contribution in [0.1, 0.15) is 18.4 Å². The van der Waals surface area contributed by atoms with E-state index in [4.69, 9.17) is 14.2 Å². The molecule has 6 rings (SSSR count). The van der Waals surface area contributed by atoms with Gasteiger partial charge in [0.1, 0.15) is 47.0 Å². The van der Waals surface area contributed by atoms with E-state index in [1.165, 1.54) is 67.9 Å². The number of fused-ring (bicyclic) bond motifs is 2. The van der Waals surface area contributed by atoms with Crippen molar-refractivity contribution in [3.63, 3.8) is 0 Å². The SMILES string of the molecule is COc1cc2ncnc(Nc3cc(C(F)(F)F)c(Oc4ccn5ncnc5c4)cc3OC)c2cc1NC(=O)C(F)=CC1CCCN1C. The summed E-state index contributed by atoms with van der Waals surface area (Å²) in [5.41, 5.74) is -0.368. The lowest BCUT2D eigenvalue weighted by molar-refractivity contribution is -0.138. The number of likely N-dealkylation sites (tertiary alicyclic amines) is 1. The maximum Gasteiger partial charge on any atom is 0.420 e. The van der Waals surface area contributed by atoms with Gasteiger partial charge < -0.3 is 24.8 Å².